The van der Waals surface area contributed by atoms with Crippen LogP contribution in [0.2, 0.25) is 0 Å². The average molecular weight is 190 g/mol. The van der Waals surface area contributed by atoms with Crippen LogP contribution in [-0.2, 0) is 0 Å². The molecule has 0 aliphatic rings. The van der Waals surface area contributed by atoms with Gasteiger partial charge in [0, 0.05) is 0 Å². The highest BCUT2D eigenvalue weighted by atomic mass is 14.2. The standard InChI is InChI=1S/C14H22/c1-4-5-9-12(2)13(3)14-10-7-6-8-11-14/h6-8,10-13H,4-5,9H2,1-3H3/t12?,13-/m0/s1. The second-order valence-electron chi connectivity index (χ2n) is 4.32. The molecule has 0 nitrogen and oxygen atoms in total. The van der Waals surface area contributed by atoms with Gasteiger partial charge in [0.1, 0.15) is 0 Å². The molecule has 1 aromatic carbocycles. The number of benzene rings is 1. The van der Waals surface area contributed by atoms with Crippen LogP contribution in [0, 0.1) is 5.92 Å². The lowest BCUT2D eigenvalue weighted by atomic mass is 9.86. The molecular formula is C14H22. The highest BCUT2D eigenvalue weighted by molar-refractivity contribution is 5.19. The Morgan fingerprint density at radius 2 is 1.71 bits per heavy atom. The molecule has 1 aromatic rings. The minimum atomic E-state index is 0.697. The van der Waals surface area contributed by atoms with Crippen LogP contribution in [0.1, 0.15) is 51.5 Å². The molecule has 1 unspecified atom stereocenters. The molecule has 14 heavy (non-hydrogen) atoms. The molecule has 0 saturated carbocycles. The lowest BCUT2D eigenvalue weighted by Crippen LogP contribution is -2.05. The van der Waals surface area contributed by atoms with Crippen molar-refractivity contribution in [2.75, 3.05) is 0 Å². The first-order valence-corrected chi connectivity index (χ1v) is 5.80. The van der Waals surface area contributed by atoms with E-state index in [-0.39, 0.29) is 0 Å². The van der Waals surface area contributed by atoms with Gasteiger partial charge in [0.05, 0.1) is 0 Å². The van der Waals surface area contributed by atoms with Gasteiger partial charge in [-0.1, -0.05) is 70.4 Å². The molecule has 0 heterocycles. The quantitative estimate of drug-likeness (QED) is 0.635. The maximum Gasteiger partial charge on any atom is -0.0165 e. The Bertz CT molecular complexity index is 237. The maximum absolute atomic E-state index is 2.37. The number of unbranched alkanes of at least 4 members (excludes halogenated alkanes) is 1. The van der Waals surface area contributed by atoms with Crippen molar-refractivity contribution >= 4 is 0 Å². The van der Waals surface area contributed by atoms with Gasteiger partial charge in [0.2, 0.25) is 0 Å². The van der Waals surface area contributed by atoms with Crippen molar-refractivity contribution in [2.45, 2.75) is 46.0 Å². The van der Waals surface area contributed by atoms with Crippen LogP contribution >= 0.6 is 0 Å². The molecule has 0 bridgehead atoms. The zero-order valence-corrected chi connectivity index (χ0v) is 9.66. The molecule has 0 amide bonds. The first kappa shape index (κ1) is 11.3. The van der Waals surface area contributed by atoms with Crippen LogP contribution in [0.4, 0.5) is 0 Å². The summed E-state index contributed by atoms with van der Waals surface area (Å²) in [6.45, 7) is 6.98. The van der Waals surface area contributed by atoms with E-state index in [0.717, 1.165) is 5.92 Å². The van der Waals surface area contributed by atoms with Gasteiger partial charge in [-0.2, -0.15) is 0 Å². The molecule has 0 N–H and O–H groups in total. The van der Waals surface area contributed by atoms with E-state index in [0.29, 0.717) is 5.92 Å². The third kappa shape index (κ3) is 3.17. The molecule has 0 aliphatic carbocycles. The van der Waals surface area contributed by atoms with Gasteiger partial charge < -0.3 is 0 Å². The zero-order chi connectivity index (χ0) is 10.4. The molecule has 0 aromatic heterocycles. The van der Waals surface area contributed by atoms with Gasteiger partial charge >= 0.3 is 0 Å². The molecule has 2 atom stereocenters. The van der Waals surface area contributed by atoms with Crippen molar-refractivity contribution in [3.63, 3.8) is 0 Å². The Hall–Kier alpha value is -0.780. The zero-order valence-electron chi connectivity index (χ0n) is 9.66. The first-order valence-electron chi connectivity index (χ1n) is 5.80. The van der Waals surface area contributed by atoms with E-state index in [9.17, 15) is 0 Å². The van der Waals surface area contributed by atoms with Gasteiger partial charge in [0.25, 0.3) is 0 Å². The van der Waals surface area contributed by atoms with E-state index in [1.54, 1.807) is 0 Å². The summed E-state index contributed by atoms with van der Waals surface area (Å²) < 4.78 is 0. The van der Waals surface area contributed by atoms with Gasteiger partial charge in [0.15, 0.2) is 0 Å². The molecule has 0 fully saturated rings. The molecule has 0 aliphatic heterocycles. The fourth-order valence-corrected chi connectivity index (χ4v) is 1.86. The summed E-state index contributed by atoms with van der Waals surface area (Å²) in [6, 6.07) is 10.9. The molecule has 0 radical (unpaired) electrons. The van der Waals surface area contributed by atoms with E-state index < -0.39 is 0 Å². The van der Waals surface area contributed by atoms with Crippen molar-refractivity contribution < 1.29 is 0 Å². The molecule has 78 valence electrons. The highest BCUT2D eigenvalue weighted by Crippen LogP contribution is 2.27. The first-order chi connectivity index (χ1) is 6.75. The molecule has 0 saturated heterocycles. The van der Waals surface area contributed by atoms with E-state index in [4.69, 9.17) is 0 Å². The second-order valence-corrected chi connectivity index (χ2v) is 4.32. The maximum atomic E-state index is 2.37. The van der Waals surface area contributed by atoms with E-state index in [2.05, 4.69) is 51.1 Å². The number of rotatable bonds is 5. The summed E-state index contributed by atoms with van der Waals surface area (Å²) in [4.78, 5) is 0. The number of hydrogen-bond acceptors (Lipinski definition) is 0. The smallest absolute Gasteiger partial charge is 0.0165 e. The number of hydrogen-bond donors (Lipinski definition) is 0. The molecular weight excluding hydrogens is 168 g/mol. The Morgan fingerprint density at radius 1 is 1.07 bits per heavy atom. The predicted molar refractivity (Wildman–Crippen MR) is 63.5 cm³/mol. The van der Waals surface area contributed by atoms with Gasteiger partial charge in [-0.15, -0.1) is 0 Å². The monoisotopic (exact) mass is 190 g/mol. The van der Waals surface area contributed by atoms with Crippen LogP contribution in [0.5, 0.6) is 0 Å². The predicted octanol–water partition coefficient (Wildman–Crippen LogP) is 4.62. The largest absolute Gasteiger partial charge is 0.0654 e. The van der Waals surface area contributed by atoms with Crippen LogP contribution in [0.3, 0.4) is 0 Å². The van der Waals surface area contributed by atoms with Crippen molar-refractivity contribution in [1.29, 1.82) is 0 Å². The fourth-order valence-electron chi connectivity index (χ4n) is 1.86. The van der Waals surface area contributed by atoms with Crippen molar-refractivity contribution in [2.24, 2.45) is 5.92 Å². The lowest BCUT2D eigenvalue weighted by Gasteiger charge is -2.19. The topological polar surface area (TPSA) is 0 Å². The normalized spacial score (nSPS) is 15.1. The molecule has 0 heteroatoms. The Kier molecular flexibility index (Phi) is 4.72. The molecule has 1 rings (SSSR count). The van der Waals surface area contributed by atoms with Crippen LogP contribution in [0.25, 0.3) is 0 Å². The van der Waals surface area contributed by atoms with E-state index in [1.807, 2.05) is 0 Å². The molecule has 0 spiro atoms. The SMILES string of the molecule is CCCCC(C)[C@H](C)c1ccccc1. The van der Waals surface area contributed by atoms with Gasteiger partial charge in [-0.05, 0) is 17.4 Å². The third-order valence-corrected chi connectivity index (χ3v) is 3.19. The summed E-state index contributed by atoms with van der Waals surface area (Å²) in [7, 11) is 0. The average Bonchev–Trinajstić information content (AvgIpc) is 2.26. The van der Waals surface area contributed by atoms with Crippen molar-refractivity contribution in [1.82, 2.24) is 0 Å². The summed E-state index contributed by atoms with van der Waals surface area (Å²) in [6.07, 6.45) is 4.02. The summed E-state index contributed by atoms with van der Waals surface area (Å²) >= 11 is 0. The van der Waals surface area contributed by atoms with Crippen LogP contribution in [0.15, 0.2) is 30.3 Å². The lowest BCUT2D eigenvalue weighted by molar-refractivity contribution is 0.436. The summed E-state index contributed by atoms with van der Waals surface area (Å²) in [5.41, 5.74) is 1.48. The summed E-state index contributed by atoms with van der Waals surface area (Å²) in [5, 5.41) is 0. The van der Waals surface area contributed by atoms with Crippen LogP contribution in [-0.4, -0.2) is 0 Å². The summed E-state index contributed by atoms with van der Waals surface area (Å²) in [5.74, 6) is 1.50. The Morgan fingerprint density at radius 3 is 2.29 bits per heavy atom. The minimum absolute atomic E-state index is 0.697. The minimum Gasteiger partial charge on any atom is -0.0654 e. The third-order valence-electron chi connectivity index (χ3n) is 3.19. The van der Waals surface area contributed by atoms with Crippen molar-refractivity contribution in [3.8, 4) is 0 Å². The van der Waals surface area contributed by atoms with Gasteiger partial charge in [-0.25, -0.2) is 0 Å². The van der Waals surface area contributed by atoms with Gasteiger partial charge in [-0.3, -0.25) is 0 Å². The van der Waals surface area contributed by atoms with E-state index in [1.165, 1.54) is 24.8 Å². The van der Waals surface area contributed by atoms with Crippen molar-refractivity contribution in [3.05, 3.63) is 35.9 Å². The fraction of sp³-hybridized carbons (Fsp3) is 0.571. The Balaban J connectivity index is 2.52. The Labute approximate surface area is 88.4 Å². The second kappa shape index (κ2) is 5.85. The van der Waals surface area contributed by atoms with E-state index >= 15 is 0 Å². The highest BCUT2D eigenvalue weighted by Gasteiger charge is 2.12. The van der Waals surface area contributed by atoms with Crippen LogP contribution < -0.4 is 0 Å².